The SMILES string of the molecule is COc1ccc(S(=O)(=O)Nc2ccccc2C#Cc2cc(F)c(C(=O)O)c(F)c2)c2ccccc12. The second kappa shape index (κ2) is 9.44. The molecule has 2 N–H and O–H groups in total. The van der Waals surface area contributed by atoms with E-state index in [4.69, 9.17) is 9.84 Å². The highest BCUT2D eigenvalue weighted by atomic mass is 32.2. The fourth-order valence-corrected chi connectivity index (χ4v) is 4.82. The van der Waals surface area contributed by atoms with Gasteiger partial charge in [-0.15, -0.1) is 0 Å². The Morgan fingerprint density at radius 3 is 2.20 bits per heavy atom. The van der Waals surface area contributed by atoms with E-state index in [1.807, 2.05) is 0 Å². The van der Waals surface area contributed by atoms with Crippen LogP contribution in [0.3, 0.4) is 0 Å². The molecular weight excluding hydrogens is 476 g/mol. The van der Waals surface area contributed by atoms with Crippen molar-refractivity contribution in [3.8, 4) is 17.6 Å². The number of carbonyl (C=O) groups is 1. The first kappa shape index (κ1) is 23.7. The number of halogens is 2. The van der Waals surface area contributed by atoms with E-state index in [9.17, 15) is 22.0 Å². The number of ether oxygens (including phenoxy) is 1. The van der Waals surface area contributed by atoms with E-state index >= 15 is 0 Å². The molecule has 0 aromatic heterocycles. The fourth-order valence-electron chi connectivity index (χ4n) is 3.53. The molecule has 176 valence electrons. The van der Waals surface area contributed by atoms with Crippen molar-refractivity contribution < 1.29 is 31.8 Å². The number of hydrogen-bond donors (Lipinski definition) is 2. The summed E-state index contributed by atoms with van der Waals surface area (Å²) in [4.78, 5) is 11.0. The predicted molar refractivity (Wildman–Crippen MR) is 127 cm³/mol. The zero-order chi connectivity index (χ0) is 25.2. The van der Waals surface area contributed by atoms with E-state index in [1.165, 1.54) is 25.3 Å². The largest absolute Gasteiger partial charge is 0.496 e. The van der Waals surface area contributed by atoms with Gasteiger partial charge in [-0.25, -0.2) is 22.0 Å². The van der Waals surface area contributed by atoms with Crippen LogP contribution in [-0.4, -0.2) is 26.6 Å². The number of methoxy groups -OCH3 is 1. The predicted octanol–water partition coefficient (Wildman–Crippen LogP) is 5.03. The van der Waals surface area contributed by atoms with Crippen LogP contribution in [0.15, 0.2) is 77.7 Å². The van der Waals surface area contributed by atoms with Crippen LogP contribution in [0.2, 0.25) is 0 Å². The summed E-state index contributed by atoms with van der Waals surface area (Å²) in [5.74, 6) is 1.50. The smallest absolute Gasteiger partial charge is 0.341 e. The normalized spacial score (nSPS) is 10.9. The van der Waals surface area contributed by atoms with Crippen molar-refractivity contribution in [3.05, 3.63) is 101 Å². The molecule has 0 saturated carbocycles. The molecule has 9 heteroatoms. The number of hydrogen-bond acceptors (Lipinski definition) is 4. The summed E-state index contributed by atoms with van der Waals surface area (Å²) in [6.45, 7) is 0. The summed E-state index contributed by atoms with van der Waals surface area (Å²) >= 11 is 0. The molecular formula is C26H17F2NO5S. The number of rotatable bonds is 5. The van der Waals surface area contributed by atoms with E-state index in [2.05, 4.69) is 16.6 Å². The van der Waals surface area contributed by atoms with Crippen molar-refractivity contribution in [1.82, 2.24) is 0 Å². The minimum absolute atomic E-state index is 0.0325. The van der Waals surface area contributed by atoms with Gasteiger partial charge in [0.1, 0.15) is 22.9 Å². The van der Waals surface area contributed by atoms with Gasteiger partial charge >= 0.3 is 5.97 Å². The molecule has 0 aliphatic rings. The summed E-state index contributed by atoms with van der Waals surface area (Å²) in [7, 11) is -2.56. The Balaban J connectivity index is 1.72. The summed E-state index contributed by atoms with van der Waals surface area (Å²) < 4.78 is 62.3. The lowest BCUT2D eigenvalue weighted by Crippen LogP contribution is -2.14. The van der Waals surface area contributed by atoms with Crippen LogP contribution in [0.5, 0.6) is 5.75 Å². The molecule has 0 aliphatic carbocycles. The van der Waals surface area contributed by atoms with E-state index in [-0.39, 0.29) is 21.7 Å². The van der Waals surface area contributed by atoms with Gasteiger partial charge in [0.2, 0.25) is 0 Å². The minimum atomic E-state index is -4.06. The van der Waals surface area contributed by atoms with Gasteiger partial charge in [0.25, 0.3) is 10.0 Å². The number of nitrogens with one attached hydrogen (secondary N) is 1. The number of aromatic carboxylic acids is 1. The molecule has 0 atom stereocenters. The average Bonchev–Trinajstić information content (AvgIpc) is 2.82. The second-order valence-electron chi connectivity index (χ2n) is 7.33. The van der Waals surface area contributed by atoms with Crippen LogP contribution < -0.4 is 9.46 Å². The monoisotopic (exact) mass is 493 g/mol. The lowest BCUT2D eigenvalue weighted by atomic mass is 10.1. The van der Waals surface area contributed by atoms with Crippen molar-refractivity contribution in [1.29, 1.82) is 0 Å². The topological polar surface area (TPSA) is 92.7 Å². The summed E-state index contributed by atoms with van der Waals surface area (Å²) in [6, 6.07) is 17.8. The molecule has 0 aliphatic heterocycles. The molecule has 4 aromatic carbocycles. The molecule has 0 fully saturated rings. The maximum Gasteiger partial charge on any atom is 0.341 e. The Labute approximate surface area is 199 Å². The van der Waals surface area contributed by atoms with Crippen LogP contribution in [0.1, 0.15) is 21.5 Å². The Morgan fingerprint density at radius 2 is 1.54 bits per heavy atom. The van der Waals surface area contributed by atoms with E-state index < -0.39 is 33.2 Å². The van der Waals surface area contributed by atoms with Crippen LogP contribution in [-0.2, 0) is 10.0 Å². The third kappa shape index (κ3) is 4.78. The van der Waals surface area contributed by atoms with Gasteiger partial charge in [0.15, 0.2) is 0 Å². The lowest BCUT2D eigenvalue weighted by Gasteiger charge is -2.13. The van der Waals surface area contributed by atoms with Gasteiger partial charge in [-0.05, 0) is 36.4 Å². The highest BCUT2D eigenvalue weighted by Gasteiger charge is 2.20. The van der Waals surface area contributed by atoms with Gasteiger partial charge in [-0.2, -0.15) is 0 Å². The summed E-state index contributed by atoms with van der Waals surface area (Å²) in [5.41, 5.74) is -0.778. The van der Waals surface area contributed by atoms with Crippen molar-refractivity contribution >= 4 is 32.5 Å². The first-order valence-corrected chi connectivity index (χ1v) is 11.6. The van der Waals surface area contributed by atoms with Gasteiger partial charge in [0, 0.05) is 21.9 Å². The standard InChI is InChI=1S/C26H17F2NO5S/c1-34-23-12-13-24(19-8-4-3-7-18(19)23)35(32,33)29-22-9-5-2-6-17(22)11-10-16-14-20(27)25(26(30)31)21(28)15-16/h2-9,12-15,29H,1H3,(H,30,31). The Morgan fingerprint density at radius 1 is 0.914 bits per heavy atom. The van der Waals surface area contributed by atoms with E-state index in [1.54, 1.807) is 42.5 Å². The second-order valence-corrected chi connectivity index (χ2v) is 8.98. The lowest BCUT2D eigenvalue weighted by molar-refractivity contribution is 0.0686. The van der Waals surface area contributed by atoms with Gasteiger partial charge < -0.3 is 9.84 Å². The summed E-state index contributed by atoms with van der Waals surface area (Å²) in [5, 5.41) is 9.98. The third-order valence-electron chi connectivity index (χ3n) is 5.12. The Hall–Kier alpha value is -4.42. The Kier molecular flexibility index (Phi) is 6.40. The number of benzene rings is 4. The average molecular weight is 493 g/mol. The number of carboxylic acids is 1. The highest BCUT2D eigenvalue weighted by molar-refractivity contribution is 7.93. The zero-order valence-corrected chi connectivity index (χ0v) is 19.0. The Bertz CT molecular complexity index is 1620. The number of fused-ring (bicyclic) bond motifs is 1. The number of carboxylic acid groups (broad SMARTS) is 1. The molecule has 4 rings (SSSR count). The molecule has 0 heterocycles. The first-order valence-electron chi connectivity index (χ1n) is 10.1. The third-order valence-corrected chi connectivity index (χ3v) is 6.55. The number of sulfonamides is 1. The van der Waals surface area contributed by atoms with Crippen LogP contribution >= 0.6 is 0 Å². The quantitative estimate of drug-likeness (QED) is 0.381. The number of anilines is 1. The van der Waals surface area contributed by atoms with Crippen molar-refractivity contribution in [2.45, 2.75) is 4.90 Å². The van der Waals surface area contributed by atoms with Crippen LogP contribution in [0.25, 0.3) is 10.8 Å². The molecule has 6 nitrogen and oxygen atoms in total. The maximum absolute atomic E-state index is 14.0. The highest BCUT2D eigenvalue weighted by Crippen LogP contribution is 2.32. The van der Waals surface area contributed by atoms with E-state index in [0.29, 0.717) is 16.5 Å². The van der Waals surface area contributed by atoms with Gasteiger partial charge in [-0.1, -0.05) is 48.2 Å². The molecule has 0 amide bonds. The molecule has 0 spiro atoms. The molecule has 4 aromatic rings. The van der Waals surface area contributed by atoms with Crippen LogP contribution in [0.4, 0.5) is 14.5 Å². The van der Waals surface area contributed by atoms with Crippen LogP contribution in [0, 0.1) is 23.5 Å². The first-order chi connectivity index (χ1) is 16.7. The zero-order valence-electron chi connectivity index (χ0n) is 18.2. The van der Waals surface area contributed by atoms with Gasteiger partial charge in [0.05, 0.1) is 17.7 Å². The van der Waals surface area contributed by atoms with Crippen molar-refractivity contribution in [3.63, 3.8) is 0 Å². The van der Waals surface area contributed by atoms with Crippen molar-refractivity contribution in [2.75, 3.05) is 11.8 Å². The molecule has 0 bridgehead atoms. The summed E-state index contributed by atoms with van der Waals surface area (Å²) in [6.07, 6.45) is 0. The molecule has 0 unspecified atom stereocenters. The molecule has 35 heavy (non-hydrogen) atoms. The van der Waals surface area contributed by atoms with Gasteiger partial charge in [-0.3, -0.25) is 4.72 Å². The molecule has 0 radical (unpaired) electrons. The van der Waals surface area contributed by atoms with E-state index in [0.717, 1.165) is 12.1 Å². The fraction of sp³-hybridized carbons (Fsp3) is 0.0385. The van der Waals surface area contributed by atoms with Crippen molar-refractivity contribution in [2.24, 2.45) is 0 Å². The minimum Gasteiger partial charge on any atom is -0.496 e. The maximum atomic E-state index is 14.0. The molecule has 0 saturated heterocycles. The number of para-hydroxylation sites is 1.